The number of fused-ring (bicyclic) bond motifs is 1. The zero-order valence-corrected chi connectivity index (χ0v) is 16.1. The highest BCUT2D eigenvalue weighted by Gasteiger charge is 2.33. The second-order valence-electron chi connectivity index (χ2n) is 7.67. The van der Waals surface area contributed by atoms with Crippen LogP contribution in [0.3, 0.4) is 0 Å². The van der Waals surface area contributed by atoms with Crippen molar-refractivity contribution in [3.05, 3.63) is 50.9 Å². The Labute approximate surface area is 157 Å². The van der Waals surface area contributed by atoms with E-state index in [1.165, 1.54) is 11.3 Å². The van der Waals surface area contributed by atoms with Crippen LogP contribution in [0.1, 0.15) is 62.6 Å². The molecule has 1 aromatic carbocycles. The lowest BCUT2D eigenvalue weighted by Gasteiger charge is -2.29. The highest BCUT2D eigenvalue weighted by Crippen LogP contribution is 2.43. The summed E-state index contributed by atoms with van der Waals surface area (Å²) >= 11 is 1.39. The van der Waals surface area contributed by atoms with Crippen molar-refractivity contribution in [1.29, 1.82) is 0 Å². The van der Waals surface area contributed by atoms with Gasteiger partial charge in [-0.05, 0) is 48.8 Å². The van der Waals surface area contributed by atoms with Gasteiger partial charge in [-0.3, -0.25) is 4.79 Å². The number of carbonyl (C=O) groups is 2. The summed E-state index contributed by atoms with van der Waals surface area (Å²) in [6.45, 7) is 6.46. The summed E-state index contributed by atoms with van der Waals surface area (Å²) in [6, 6.07) is 5.53. The molecule has 3 rings (SSSR count). The summed E-state index contributed by atoms with van der Waals surface area (Å²) < 4.78 is 0. The normalized spacial score (nSPS) is 15.4. The Hall–Kier alpha value is -2.18. The summed E-state index contributed by atoms with van der Waals surface area (Å²) in [5.74, 6) is -1.30. The number of benzene rings is 1. The molecule has 1 amide bonds. The maximum atomic E-state index is 12.8. The Balaban J connectivity index is 1.98. The number of carboxylic acids is 1. The zero-order chi connectivity index (χ0) is 19.1. The van der Waals surface area contributed by atoms with Crippen molar-refractivity contribution < 1.29 is 14.7 Å². The third-order valence-electron chi connectivity index (χ3n) is 4.95. The summed E-state index contributed by atoms with van der Waals surface area (Å²) in [5.41, 5.74) is 9.13. The fraction of sp³-hybridized carbons (Fsp3) is 0.400. The Morgan fingerprint density at radius 2 is 2.08 bits per heavy atom. The van der Waals surface area contributed by atoms with Crippen LogP contribution in [0.25, 0.3) is 0 Å². The molecule has 0 atom stereocenters. The first-order chi connectivity index (χ1) is 12.2. The molecule has 4 N–H and O–H groups in total. The van der Waals surface area contributed by atoms with E-state index in [2.05, 4.69) is 19.2 Å². The minimum Gasteiger partial charge on any atom is -0.478 e. The maximum Gasteiger partial charge on any atom is 0.339 e. The number of nitrogens with one attached hydrogen (secondary N) is 1. The number of carboxylic acid groups (broad SMARTS) is 1. The first-order valence-electron chi connectivity index (χ1n) is 8.70. The van der Waals surface area contributed by atoms with Crippen LogP contribution in [0.5, 0.6) is 0 Å². The SMILES string of the molecule is Cc1ccc(CN)c(C(=O)Nc2sc3c(c2C(=O)O)CC(C)(C)CC3)c1. The molecule has 5 nitrogen and oxygen atoms in total. The lowest BCUT2D eigenvalue weighted by atomic mass is 9.76. The number of nitrogens with two attached hydrogens (primary N) is 1. The van der Waals surface area contributed by atoms with Crippen molar-refractivity contribution in [2.45, 2.75) is 46.6 Å². The van der Waals surface area contributed by atoms with Gasteiger partial charge in [0.15, 0.2) is 0 Å². The van der Waals surface area contributed by atoms with Crippen molar-refractivity contribution >= 4 is 28.2 Å². The number of amides is 1. The Morgan fingerprint density at radius 3 is 2.73 bits per heavy atom. The first kappa shape index (κ1) is 18.6. The molecule has 1 aromatic heterocycles. The standard InChI is InChI=1S/C20H24N2O3S/c1-11-4-5-12(10-21)13(8-11)17(23)22-18-16(19(24)25)14-9-20(2,3)7-6-15(14)26-18/h4-5,8H,6-7,9-10,21H2,1-3H3,(H,22,23)(H,24,25). The number of hydrogen-bond acceptors (Lipinski definition) is 4. The maximum absolute atomic E-state index is 12.8. The lowest BCUT2D eigenvalue weighted by Crippen LogP contribution is -2.22. The minimum absolute atomic E-state index is 0.0722. The van der Waals surface area contributed by atoms with Crippen molar-refractivity contribution in [2.75, 3.05) is 5.32 Å². The molecule has 0 bridgehead atoms. The summed E-state index contributed by atoms with van der Waals surface area (Å²) in [4.78, 5) is 25.8. The van der Waals surface area contributed by atoms with Crippen LogP contribution in [0.2, 0.25) is 0 Å². The second-order valence-corrected chi connectivity index (χ2v) is 8.78. The molecular formula is C20H24N2O3S. The van der Waals surface area contributed by atoms with Crippen molar-refractivity contribution in [3.63, 3.8) is 0 Å². The van der Waals surface area contributed by atoms with Crippen molar-refractivity contribution in [1.82, 2.24) is 0 Å². The lowest BCUT2D eigenvalue weighted by molar-refractivity contribution is 0.0696. The van der Waals surface area contributed by atoms with Crippen molar-refractivity contribution in [3.8, 4) is 0 Å². The van der Waals surface area contributed by atoms with E-state index < -0.39 is 5.97 Å². The van der Waals surface area contributed by atoms with Gasteiger partial charge in [0.25, 0.3) is 5.91 Å². The van der Waals surface area contributed by atoms with Gasteiger partial charge in [0.1, 0.15) is 5.00 Å². The molecule has 0 saturated heterocycles. The van der Waals surface area contributed by atoms with Crippen LogP contribution < -0.4 is 11.1 Å². The predicted molar refractivity (Wildman–Crippen MR) is 104 cm³/mol. The van der Waals surface area contributed by atoms with Crippen LogP contribution in [-0.4, -0.2) is 17.0 Å². The third-order valence-corrected chi connectivity index (χ3v) is 6.15. The summed E-state index contributed by atoms with van der Waals surface area (Å²) in [5, 5.41) is 13.0. The van der Waals surface area contributed by atoms with E-state index in [9.17, 15) is 14.7 Å². The van der Waals surface area contributed by atoms with E-state index in [1.54, 1.807) is 6.07 Å². The van der Waals surface area contributed by atoms with E-state index in [0.717, 1.165) is 40.8 Å². The molecule has 0 radical (unpaired) electrons. The average Bonchev–Trinajstić information content (AvgIpc) is 2.90. The largest absolute Gasteiger partial charge is 0.478 e. The van der Waals surface area contributed by atoms with Gasteiger partial charge in [-0.25, -0.2) is 4.79 Å². The van der Waals surface area contributed by atoms with Gasteiger partial charge in [0.05, 0.1) is 5.56 Å². The zero-order valence-electron chi connectivity index (χ0n) is 15.3. The molecule has 1 aliphatic rings. The number of aromatic carboxylic acids is 1. The number of rotatable bonds is 4. The smallest absolute Gasteiger partial charge is 0.339 e. The molecule has 0 fully saturated rings. The van der Waals surface area contributed by atoms with Gasteiger partial charge in [-0.15, -0.1) is 11.3 Å². The van der Waals surface area contributed by atoms with Crippen LogP contribution in [-0.2, 0) is 19.4 Å². The van der Waals surface area contributed by atoms with E-state index in [-0.39, 0.29) is 23.4 Å². The quantitative estimate of drug-likeness (QED) is 0.757. The molecule has 138 valence electrons. The van der Waals surface area contributed by atoms with E-state index in [4.69, 9.17) is 5.73 Å². The van der Waals surface area contributed by atoms with Crippen LogP contribution in [0.4, 0.5) is 5.00 Å². The molecule has 0 saturated carbocycles. The van der Waals surface area contributed by atoms with Gasteiger partial charge in [-0.2, -0.15) is 0 Å². The van der Waals surface area contributed by atoms with Crippen molar-refractivity contribution in [2.24, 2.45) is 11.1 Å². The number of aryl methyl sites for hydroxylation is 2. The highest BCUT2D eigenvalue weighted by molar-refractivity contribution is 7.17. The molecule has 2 aromatic rings. The highest BCUT2D eigenvalue weighted by atomic mass is 32.1. The van der Waals surface area contributed by atoms with Crippen LogP contribution >= 0.6 is 11.3 Å². The predicted octanol–water partition coefficient (Wildman–Crippen LogP) is 3.98. The first-order valence-corrected chi connectivity index (χ1v) is 9.52. The fourth-order valence-electron chi connectivity index (χ4n) is 3.48. The van der Waals surface area contributed by atoms with Gasteiger partial charge in [0, 0.05) is 17.0 Å². The van der Waals surface area contributed by atoms with Gasteiger partial charge in [0.2, 0.25) is 0 Å². The summed E-state index contributed by atoms with van der Waals surface area (Å²) in [6.07, 6.45) is 2.58. The molecular weight excluding hydrogens is 348 g/mol. The Kier molecular flexibility index (Phi) is 4.90. The molecule has 0 aliphatic heterocycles. The van der Waals surface area contributed by atoms with Crippen LogP contribution in [0.15, 0.2) is 18.2 Å². The molecule has 1 heterocycles. The second kappa shape index (κ2) is 6.85. The number of hydrogen-bond donors (Lipinski definition) is 3. The Bertz CT molecular complexity index is 883. The number of thiophene rings is 1. The van der Waals surface area contributed by atoms with E-state index in [1.807, 2.05) is 19.1 Å². The molecule has 1 aliphatic carbocycles. The minimum atomic E-state index is -0.987. The molecule has 26 heavy (non-hydrogen) atoms. The monoisotopic (exact) mass is 372 g/mol. The number of carbonyl (C=O) groups excluding carboxylic acids is 1. The average molecular weight is 372 g/mol. The summed E-state index contributed by atoms with van der Waals surface area (Å²) in [7, 11) is 0. The van der Waals surface area contributed by atoms with Gasteiger partial charge < -0.3 is 16.2 Å². The fourth-order valence-corrected chi connectivity index (χ4v) is 4.69. The van der Waals surface area contributed by atoms with Crippen LogP contribution in [0, 0.1) is 12.3 Å². The van der Waals surface area contributed by atoms with Gasteiger partial charge >= 0.3 is 5.97 Å². The topological polar surface area (TPSA) is 92.4 Å². The van der Waals surface area contributed by atoms with E-state index in [0.29, 0.717) is 10.6 Å². The van der Waals surface area contributed by atoms with E-state index >= 15 is 0 Å². The molecule has 0 spiro atoms. The number of anilines is 1. The third kappa shape index (κ3) is 3.52. The Morgan fingerprint density at radius 1 is 1.35 bits per heavy atom. The van der Waals surface area contributed by atoms with Gasteiger partial charge in [-0.1, -0.05) is 31.5 Å². The molecule has 0 unspecified atom stereocenters. The molecule has 6 heteroatoms.